The summed E-state index contributed by atoms with van der Waals surface area (Å²) in [7, 11) is 0. The van der Waals surface area contributed by atoms with E-state index >= 15 is 0 Å². The summed E-state index contributed by atoms with van der Waals surface area (Å²) < 4.78 is 5.43. The molecule has 2 aromatic carbocycles. The van der Waals surface area contributed by atoms with Crippen molar-refractivity contribution in [3.05, 3.63) is 69.0 Å². The maximum atomic E-state index is 12.7. The molecule has 34 heavy (non-hydrogen) atoms. The first-order valence-corrected chi connectivity index (χ1v) is 13.4. The number of nitrogens with one attached hydrogen (secondary N) is 1. The number of rotatable bonds is 9. The van der Waals surface area contributed by atoms with Gasteiger partial charge < -0.3 is 9.84 Å². The van der Waals surface area contributed by atoms with E-state index in [9.17, 15) is 4.79 Å². The fourth-order valence-corrected chi connectivity index (χ4v) is 5.69. The number of hydrogen-bond acceptors (Lipinski definition) is 6. The second kappa shape index (κ2) is 12.3. The van der Waals surface area contributed by atoms with E-state index in [-0.39, 0.29) is 11.8 Å². The van der Waals surface area contributed by atoms with Crippen LogP contribution in [0.5, 0.6) is 0 Å². The highest BCUT2D eigenvalue weighted by Gasteiger charge is 2.26. The zero-order valence-corrected chi connectivity index (χ0v) is 21.6. The molecule has 1 aromatic heterocycles. The molecule has 1 N–H and O–H groups in total. The minimum Gasteiger partial charge on any atom is -0.355 e. The molecule has 3 aromatic rings. The van der Waals surface area contributed by atoms with Gasteiger partial charge in [0.1, 0.15) is 0 Å². The molecule has 4 rings (SSSR count). The Hall–Kier alpha value is -1.77. The molecule has 10 heteroatoms. The number of piperidine rings is 1. The second-order valence-electron chi connectivity index (χ2n) is 8.14. The molecule has 1 aliphatic heterocycles. The van der Waals surface area contributed by atoms with Crippen LogP contribution in [-0.4, -0.2) is 46.3 Å². The van der Waals surface area contributed by atoms with Crippen molar-refractivity contribution in [1.82, 2.24) is 20.4 Å². The summed E-state index contributed by atoms with van der Waals surface area (Å²) in [4.78, 5) is 19.4. The third-order valence-electron chi connectivity index (χ3n) is 5.64. The summed E-state index contributed by atoms with van der Waals surface area (Å²) in [6, 6.07) is 12.9. The Morgan fingerprint density at radius 1 is 1.18 bits per heavy atom. The monoisotopic (exact) mass is 538 g/mol. The van der Waals surface area contributed by atoms with Gasteiger partial charge in [0.25, 0.3) is 0 Å². The average molecular weight is 540 g/mol. The average Bonchev–Trinajstić information content (AvgIpc) is 3.29. The summed E-state index contributed by atoms with van der Waals surface area (Å²) in [6.45, 7) is 2.69. The van der Waals surface area contributed by atoms with Crippen LogP contribution in [-0.2, 0) is 17.1 Å². The van der Waals surface area contributed by atoms with Crippen molar-refractivity contribution >= 4 is 52.5 Å². The first-order valence-electron chi connectivity index (χ1n) is 11.1. The molecule has 1 aliphatic rings. The van der Waals surface area contributed by atoms with Crippen LogP contribution in [0.25, 0.3) is 11.4 Å². The van der Waals surface area contributed by atoms with E-state index < -0.39 is 0 Å². The molecule has 1 saturated heterocycles. The zero-order valence-electron chi connectivity index (χ0n) is 18.5. The number of aromatic nitrogens is 2. The van der Waals surface area contributed by atoms with Crippen molar-refractivity contribution < 1.29 is 9.32 Å². The number of carbonyl (C=O) groups excluding carboxylic acids is 1. The van der Waals surface area contributed by atoms with Crippen molar-refractivity contribution in [2.45, 2.75) is 25.1 Å². The normalized spacial score (nSPS) is 16.5. The lowest BCUT2D eigenvalue weighted by atomic mass is 9.97. The van der Waals surface area contributed by atoms with Crippen LogP contribution in [0.2, 0.25) is 15.1 Å². The van der Waals surface area contributed by atoms with Crippen LogP contribution in [0.3, 0.4) is 0 Å². The lowest BCUT2D eigenvalue weighted by Crippen LogP contribution is -2.43. The third kappa shape index (κ3) is 6.89. The standard InChI is InChI=1S/C24H25Cl3N4O2S/c25-18-6-1-4-16(12-18)23-29-22(33-30-23)14-31-10-3-5-17(13-31)24(32)28-9-11-34-15-19-20(26)7-2-8-21(19)27/h1-2,4,6-8,12,17H,3,5,9-11,13-15H2,(H,28,32). The maximum Gasteiger partial charge on any atom is 0.241 e. The Morgan fingerprint density at radius 3 is 2.76 bits per heavy atom. The number of carbonyl (C=O) groups is 1. The summed E-state index contributed by atoms with van der Waals surface area (Å²) in [5.74, 6) is 2.59. The largest absolute Gasteiger partial charge is 0.355 e. The molecule has 6 nitrogen and oxygen atoms in total. The van der Waals surface area contributed by atoms with Gasteiger partial charge >= 0.3 is 0 Å². The zero-order chi connectivity index (χ0) is 23.9. The Balaban J connectivity index is 1.21. The van der Waals surface area contributed by atoms with E-state index in [0.717, 1.165) is 36.3 Å². The van der Waals surface area contributed by atoms with Gasteiger partial charge in [-0.2, -0.15) is 16.7 Å². The van der Waals surface area contributed by atoms with Gasteiger partial charge in [-0.15, -0.1) is 0 Å². The number of benzene rings is 2. The minimum atomic E-state index is -0.0490. The van der Waals surface area contributed by atoms with Crippen LogP contribution in [0.1, 0.15) is 24.3 Å². The fraction of sp³-hybridized carbons (Fsp3) is 0.375. The molecule has 0 bridgehead atoms. The molecular weight excluding hydrogens is 515 g/mol. The Morgan fingerprint density at radius 2 is 1.97 bits per heavy atom. The number of thioether (sulfide) groups is 1. The van der Waals surface area contributed by atoms with Crippen LogP contribution in [0, 0.1) is 5.92 Å². The van der Waals surface area contributed by atoms with Crippen molar-refractivity contribution in [2.75, 3.05) is 25.4 Å². The molecule has 1 atom stereocenters. The highest BCUT2D eigenvalue weighted by atomic mass is 35.5. The van der Waals surface area contributed by atoms with E-state index in [1.54, 1.807) is 23.9 Å². The highest BCUT2D eigenvalue weighted by Crippen LogP contribution is 2.28. The Kier molecular flexibility index (Phi) is 9.14. The molecule has 1 unspecified atom stereocenters. The first kappa shape index (κ1) is 25.3. The Labute approximate surface area is 218 Å². The van der Waals surface area contributed by atoms with Crippen LogP contribution in [0.4, 0.5) is 0 Å². The van der Waals surface area contributed by atoms with Crippen LogP contribution < -0.4 is 5.32 Å². The van der Waals surface area contributed by atoms with Gasteiger partial charge in [0.05, 0.1) is 12.5 Å². The van der Waals surface area contributed by atoms with Gasteiger partial charge in [-0.25, -0.2) is 0 Å². The van der Waals surface area contributed by atoms with Crippen molar-refractivity contribution in [3.63, 3.8) is 0 Å². The molecule has 0 aliphatic carbocycles. The van der Waals surface area contributed by atoms with Crippen molar-refractivity contribution in [3.8, 4) is 11.4 Å². The van der Waals surface area contributed by atoms with Gasteiger partial charge in [0.15, 0.2) is 0 Å². The number of halogens is 3. The van der Waals surface area contributed by atoms with E-state index in [2.05, 4.69) is 20.4 Å². The molecule has 1 amide bonds. The van der Waals surface area contributed by atoms with E-state index in [4.69, 9.17) is 39.3 Å². The molecular formula is C24H25Cl3N4O2S. The van der Waals surface area contributed by atoms with Gasteiger partial charge in [-0.3, -0.25) is 9.69 Å². The lowest BCUT2D eigenvalue weighted by molar-refractivity contribution is -0.126. The predicted octanol–water partition coefficient (Wildman–Crippen LogP) is 5.96. The lowest BCUT2D eigenvalue weighted by Gasteiger charge is -2.30. The number of amides is 1. The molecule has 1 fully saturated rings. The summed E-state index contributed by atoms with van der Waals surface area (Å²) in [5, 5.41) is 9.11. The van der Waals surface area contributed by atoms with Gasteiger partial charge in [-0.05, 0) is 49.2 Å². The quantitative estimate of drug-likeness (QED) is 0.338. The van der Waals surface area contributed by atoms with E-state index in [1.165, 1.54) is 0 Å². The number of nitrogens with zero attached hydrogens (tertiary/aromatic N) is 3. The minimum absolute atomic E-state index is 0.0490. The topological polar surface area (TPSA) is 71.3 Å². The molecule has 2 heterocycles. The van der Waals surface area contributed by atoms with Gasteiger partial charge in [-0.1, -0.05) is 58.2 Å². The van der Waals surface area contributed by atoms with Crippen molar-refractivity contribution in [1.29, 1.82) is 0 Å². The van der Waals surface area contributed by atoms with Crippen molar-refractivity contribution in [2.24, 2.45) is 5.92 Å². The predicted molar refractivity (Wildman–Crippen MR) is 138 cm³/mol. The Bertz CT molecular complexity index is 1110. The van der Waals surface area contributed by atoms with E-state index in [0.29, 0.717) is 52.2 Å². The molecule has 0 saturated carbocycles. The molecule has 180 valence electrons. The number of likely N-dealkylation sites (tertiary alicyclic amines) is 1. The summed E-state index contributed by atoms with van der Waals surface area (Å²) in [5.41, 5.74) is 1.75. The van der Waals surface area contributed by atoms with Crippen LogP contribution >= 0.6 is 46.6 Å². The molecule has 0 spiro atoms. The second-order valence-corrected chi connectivity index (χ2v) is 10.5. The molecule has 0 radical (unpaired) electrons. The SMILES string of the molecule is O=C(NCCSCc1c(Cl)cccc1Cl)C1CCCN(Cc2nc(-c3cccc(Cl)c3)no2)C1. The fourth-order valence-electron chi connectivity index (χ4n) is 3.90. The number of hydrogen-bond donors (Lipinski definition) is 1. The third-order valence-corrected chi connectivity index (χ3v) is 7.57. The van der Waals surface area contributed by atoms with Crippen LogP contribution in [0.15, 0.2) is 47.0 Å². The summed E-state index contributed by atoms with van der Waals surface area (Å²) >= 11 is 20.2. The maximum absolute atomic E-state index is 12.7. The smallest absolute Gasteiger partial charge is 0.241 e. The summed E-state index contributed by atoms with van der Waals surface area (Å²) in [6.07, 6.45) is 1.83. The van der Waals surface area contributed by atoms with Gasteiger partial charge in [0.2, 0.25) is 17.6 Å². The highest BCUT2D eigenvalue weighted by molar-refractivity contribution is 7.98. The van der Waals surface area contributed by atoms with Gasteiger partial charge in [0, 0.05) is 45.2 Å². The first-order chi connectivity index (χ1) is 16.5. The van der Waals surface area contributed by atoms with E-state index in [1.807, 2.05) is 30.3 Å².